The van der Waals surface area contributed by atoms with E-state index < -0.39 is 0 Å². The number of fused-ring (bicyclic) bond motifs is 2. The van der Waals surface area contributed by atoms with Crippen LogP contribution in [0.4, 0.5) is 0 Å². The fourth-order valence-electron chi connectivity index (χ4n) is 3.94. The van der Waals surface area contributed by atoms with E-state index >= 15 is 0 Å². The van der Waals surface area contributed by atoms with Crippen LogP contribution in [0.25, 0.3) is 0 Å². The summed E-state index contributed by atoms with van der Waals surface area (Å²) >= 11 is 12.2. The summed E-state index contributed by atoms with van der Waals surface area (Å²) in [6.07, 6.45) is 1.59. The van der Waals surface area contributed by atoms with E-state index in [1.807, 2.05) is 12.1 Å². The predicted molar refractivity (Wildman–Crippen MR) is 91.4 cm³/mol. The van der Waals surface area contributed by atoms with Crippen LogP contribution in [0.15, 0.2) is 18.2 Å². The third-order valence-corrected chi connectivity index (χ3v) is 5.69. The molecule has 3 rings (SSSR count). The molecular formula is C17H21Cl2NO4. The molecule has 0 aliphatic carbocycles. The van der Waals surface area contributed by atoms with Gasteiger partial charge in [-0.05, 0) is 30.5 Å². The average Bonchev–Trinajstić information content (AvgIpc) is 2.90. The summed E-state index contributed by atoms with van der Waals surface area (Å²) in [7, 11) is 3.01. The van der Waals surface area contributed by atoms with Gasteiger partial charge in [0.15, 0.2) is 0 Å². The number of hydrogen-bond acceptors (Lipinski definition) is 5. The second-order valence-electron chi connectivity index (χ2n) is 6.30. The predicted octanol–water partition coefficient (Wildman–Crippen LogP) is 2.99. The molecule has 0 saturated carbocycles. The van der Waals surface area contributed by atoms with Crippen LogP contribution in [0, 0.1) is 5.92 Å². The molecule has 2 heterocycles. The van der Waals surface area contributed by atoms with Gasteiger partial charge in [0.25, 0.3) is 0 Å². The summed E-state index contributed by atoms with van der Waals surface area (Å²) in [6, 6.07) is 5.74. The smallest absolute Gasteiger partial charge is 0.310 e. The number of methoxy groups -OCH3 is 2. The lowest BCUT2D eigenvalue weighted by atomic mass is 9.76. The van der Waals surface area contributed by atoms with Crippen LogP contribution in [0.5, 0.6) is 0 Å². The third kappa shape index (κ3) is 3.41. The van der Waals surface area contributed by atoms with E-state index in [-0.39, 0.29) is 42.8 Å². The monoisotopic (exact) mass is 373 g/mol. The molecule has 1 aromatic rings. The van der Waals surface area contributed by atoms with Crippen molar-refractivity contribution in [3.63, 3.8) is 0 Å². The number of carbonyl (C=O) groups excluding carboxylic acids is 1. The number of hydrogen-bond donors (Lipinski definition) is 1. The summed E-state index contributed by atoms with van der Waals surface area (Å²) < 4.78 is 15.9. The van der Waals surface area contributed by atoms with Crippen LogP contribution in [0.3, 0.4) is 0 Å². The minimum atomic E-state index is -0.340. The number of piperidine rings is 1. The molecular weight excluding hydrogens is 353 g/mol. The third-order valence-electron chi connectivity index (χ3n) is 4.95. The van der Waals surface area contributed by atoms with E-state index in [1.165, 1.54) is 7.11 Å². The average molecular weight is 374 g/mol. The van der Waals surface area contributed by atoms with Gasteiger partial charge in [-0.2, -0.15) is 0 Å². The summed E-state index contributed by atoms with van der Waals surface area (Å²) in [5.41, 5.74) is 1.00. The maximum absolute atomic E-state index is 12.5. The topological polar surface area (TPSA) is 56.8 Å². The van der Waals surface area contributed by atoms with E-state index in [1.54, 1.807) is 13.2 Å². The van der Waals surface area contributed by atoms with Crippen LogP contribution in [-0.4, -0.2) is 45.2 Å². The van der Waals surface area contributed by atoms with Crippen LogP contribution in [0.1, 0.15) is 24.3 Å². The van der Waals surface area contributed by atoms with Crippen LogP contribution in [0.2, 0.25) is 10.0 Å². The van der Waals surface area contributed by atoms with Gasteiger partial charge in [0, 0.05) is 25.1 Å². The summed E-state index contributed by atoms with van der Waals surface area (Å²) in [6.45, 7) is 0.209. The van der Waals surface area contributed by atoms with Crippen molar-refractivity contribution in [3.8, 4) is 0 Å². The molecule has 4 unspecified atom stereocenters. The molecule has 24 heavy (non-hydrogen) atoms. The number of rotatable bonds is 5. The Morgan fingerprint density at radius 2 is 2.04 bits per heavy atom. The minimum Gasteiger partial charge on any atom is -0.469 e. The molecule has 1 N–H and O–H groups in total. The highest BCUT2D eigenvalue weighted by atomic mass is 35.5. The maximum Gasteiger partial charge on any atom is 0.310 e. The van der Waals surface area contributed by atoms with E-state index in [2.05, 4.69) is 5.32 Å². The molecule has 5 nitrogen and oxygen atoms in total. The normalized spacial score (nSPS) is 31.9. The van der Waals surface area contributed by atoms with Gasteiger partial charge in [0.1, 0.15) is 6.79 Å². The molecule has 0 spiro atoms. The number of ether oxygens (including phenoxy) is 3. The molecule has 0 amide bonds. The quantitative estimate of drug-likeness (QED) is 0.634. The lowest BCUT2D eigenvalue weighted by Gasteiger charge is -2.37. The van der Waals surface area contributed by atoms with Crippen molar-refractivity contribution in [2.45, 2.75) is 36.9 Å². The van der Waals surface area contributed by atoms with Gasteiger partial charge < -0.3 is 19.5 Å². The van der Waals surface area contributed by atoms with Gasteiger partial charge in [-0.1, -0.05) is 29.3 Å². The molecule has 0 radical (unpaired) electrons. The highest BCUT2D eigenvalue weighted by molar-refractivity contribution is 6.42. The Balaban J connectivity index is 1.91. The van der Waals surface area contributed by atoms with Gasteiger partial charge in [0.2, 0.25) is 0 Å². The van der Waals surface area contributed by atoms with Crippen LogP contribution in [-0.2, 0) is 19.0 Å². The lowest BCUT2D eigenvalue weighted by Crippen LogP contribution is -2.51. The Morgan fingerprint density at radius 3 is 2.71 bits per heavy atom. The number of nitrogens with one attached hydrogen (secondary N) is 1. The molecule has 2 saturated heterocycles. The Bertz CT molecular complexity index is 612. The first-order valence-corrected chi connectivity index (χ1v) is 8.70. The zero-order valence-electron chi connectivity index (χ0n) is 13.6. The molecule has 5 atom stereocenters. The first-order valence-electron chi connectivity index (χ1n) is 7.94. The highest BCUT2D eigenvalue weighted by Gasteiger charge is 2.51. The van der Waals surface area contributed by atoms with Crippen molar-refractivity contribution in [3.05, 3.63) is 33.8 Å². The number of benzene rings is 1. The van der Waals surface area contributed by atoms with Gasteiger partial charge in [-0.25, -0.2) is 0 Å². The Hall–Kier alpha value is -0.850. The van der Waals surface area contributed by atoms with Gasteiger partial charge in [-0.3, -0.25) is 4.79 Å². The molecule has 132 valence electrons. The second-order valence-corrected chi connectivity index (χ2v) is 7.12. The van der Waals surface area contributed by atoms with Crippen LogP contribution >= 0.6 is 23.2 Å². The van der Waals surface area contributed by atoms with Crippen molar-refractivity contribution >= 4 is 29.2 Å². The first kappa shape index (κ1) is 18.0. The Kier molecular flexibility index (Phi) is 5.67. The summed E-state index contributed by atoms with van der Waals surface area (Å²) in [4.78, 5) is 12.5. The first-order chi connectivity index (χ1) is 11.5. The molecule has 2 fully saturated rings. The molecule has 2 bridgehead atoms. The Labute approximate surface area is 151 Å². The number of esters is 1. The van der Waals surface area contributed by atoms with E-state index in [0.29, 0.717) is 10.0 Å². The van der Waals surface area contributed by atoms with Crippen LogP contribution < -0.4 is 5.32 Å². The molecule has 7 heteroatoms. The van der Waals surface area contributed by atoms with Crippen molar-refractivity contribution in [2.24, 2.45) is 5.92 Å². The van der Waals surface area contributed by atoms with Gasteiger partial charge >= 0.3 is 5.97 Å². The molecule has 0 aromatic heterocycles. The minimum absolute atomic E-state index is 0.0135. The van der Waals surface area contributed by atoms with Crippen molar-refractivity contribution in [1.29, 1.82) is 0 Å². The maximum atomic E-state index is 12.5. The van der Waals surface area contributed by atoms with E-state index in [0.717, 1.165) is 18.4 Å². The standard InChI is InChI=1S/C17H21Cl2NO4/c1-22-8-24-14-7-10-6-11(9-3-4-12(18)13(19)5-9)15(16(14)20-10)17(21)23-2/h3-5,10-11,14-16,20H,6-8H2,1-2H3/t10?,11-,14?,15?,16?/m0/s1. The van der Waals surface area contributed by atoms with Crippen molar-refractivity contribution in [2.75, 3.05) is 21.0 Å². The zero-order chi connectivity index (χ0) is 17.3. The fourth-order valence-corrected chi connectivity index (χ4v) is 4.24. The Morgan fingerprint density at radius 1 is 1.25 bits per heavy atom. The summed E-state index contributed by atoms with van der Waals surface area (Å²) in [5.74, 6) is -0.567. The highest BCUT2D eigenvalue weighted by Crippen LogP contribution is 2.44. The van der Waals surface area contributed by atoms with Crippen molar-refractivity contribution in [1.82, 2.24) is 5.32 Å². The van der Waals surface area contributed by atoms with Gasteiger partial charge in [0.05, 0.1) is 29.2 Å². The molecule has 1 aromatic carbocycles. The summed E-state index contributed by atoms with van der Waals surface area (Å²) in [5, 5.41) is 4.50. The molecule has 2 aliphatic rings. The fraction of sp³-hybridized carbons (Fsp3) is 0.588. The van der Waals surface area contributed by atoms with E-state index in [9.17, 15) is 4.79 Å². The van der Waals surface area contributed by atoms with Gasteiger partial charge in [-0.15, -0.1) is 0 Å². The lowest BCUT2D eigenvalue weighted by molar-refractivity contribution is -0.150. The van der Waals surface area contributed by atoms with Crippen molar-refractivity contribution < 1.29 is 19.0 Å². The number of halogens is 2. The second kappa shape index (κ2) is 7.58. The largest absolute Gasteiger partial charge is 0.469 e. The number of carbonyl (C=O) groups is 1. The van der Waals surface area contributed by atoms with E-state index in [4.69, 9.17) is 37.4 Å². The zero-order valence-corrected chi connectivity index (χ0v) is 15.1. The SMILES string of the molecule is COCOC1CC2C[C@@H](c3ccc(Cl)c(Cl)c3)C(C(=O)OC)C1N2. The molecule has 2 aliphatic heterocycles.